The van der Waals surface area contributed by atoms with Crippen LogP contribution in [-0.4, -0.2) is 79.9 Å². The Hall–Kier alpha value is -3.10. The van der Waals surface area contributed by atoms with Gasteiger partial charge in [-0.25, -0.2) is 0 Å². The van der Waals surface area contributed by atoms with Crippen molar-refractivity contribution in [2.45, 2.75) is 26.7 Å². The zero-order valence-electron chi connectivity index (χ0n) is 18.4. The highest BCUT2D eigenvalue weighted by Crippen LogP contribution is 2.18. The van der Waals surface area contributed by atoms with Crippen molar-refractivity contribution in [3.05, 3.63) is 29.8 Å². The van der Waals surface area contributed by atoms with E-state index in [4.69, 9.17) is 9.47 Å². The molecule has 1 saturated heterocycles. The molecule has 0 bridgehead atoms. The molecule has 9 nitrogen and oxygen atoms in total. The second-order valence-electron chi connectivity index (χ2n) is 7.32. The number of esters is 1. The molecular formula is C22H31N3O6. The Morgan fingerprint density at radius 2 is 1.84 bits per heavy atom. The predicted octanol–water partition coefficient (Wildman–Crippen LogP) is 1.08. The van der Waals surface area contributed by atoms with Gasteiger partial charge in [0.05, 0.1) is 32.2 Å². The molecule has 0 saturated carbocycles. The maximum Gasteiger partial charge on any atom is 0.310 e. The van der Waals surface area contributed by atoms with Gasteiger partial charge in [0.2, 0.25) is 11.8 Å². The molecule has 1 aromatic carbocycles. The number of nitrogens with one attached hydrogen (secondary N) is 1. The fourth-order valence-electron chi connectivity index (χ4n) is 3.31. The zero-order valence-corrected chi connectivity index (χ0v) is 18.4. The largest absolute Gasteiger partial charge is 0.494 e. The Kier molecular flexibility index (Phi) is 9.30. The second kappa shape index (κ2) is 11.9. The Bertz CT molecular complexity index is 780. The maximum absolute atomic E-state index is 12.6. The van der Waals surface area contributed by atoms with Gasteiger partial charge in [0.25, 0.3) is 5.91 Å². The van der Waals surface area contributed by atoms with E-state index in [0.29, 0.717) is 50.5 Å². The maximum atomic E-state index is 12.6. The summed E-state index contributed by atoms with van der Waals surface area (Å²) in [7, 11) is 1.51. The SMILES string of the molecule is CCOC(=O)C1CCCN(C(=O)CN(C)C(=O)CNC(=O)c2ccc(OCC)cc2)C1. The van der Waals surface area contributed by atoms with Crippen molar-refractivity contribution in [3.63, 3.8) is 0 Å². The number of benzene rings is 1. The van der Waals surface area contributed by atoms with E-state index in [1.54, 1.807) is 36.1 Å². The van der Waals surface area contributed by atoms with Gasteiger partial charge < -0.3 is 24.6 Å². The third-order valence-electron chi connectivity index (χ3n) is 5.02. The molecule has 1 fully saturated rings. The van der Waals surface area contributed by atoms with Gasteiger partial charge >= 0.3 is 5.97 Å². The fraction of sp³-hybridized carbons (Fsp3) is 0.545. The summed E-state index contributed by atoms with van der Waals surface area (Å²) < 4.78 is 10.4. The van der Waals surface area contributed by atoms with Crippen molar-refractivity contribution in [2.75, 3.05) is 46.4 Å². The molecule has 1 atom stereocenters. The highest BCUT2D eigenvalue weighted by molar-refractivity contribution is 5.97. The van der Waals surface area contributed by atoms with Gasteiger partial charge in [0.15, 0.2) is 0 Å². The van der Waals surface area contributed by atoms with Crippen LogP contribution in [-0.2, 0) is 19.1 Å². The molecule has 1 aliphatic rings. The van der Waals surface area contributed by atoms with E-state index in [-0.39, 0.29) is 42.7 Å². The molecule has 1 N–H and O–H groups in total. The van der Waals surface area contributed by atoms with Crippen LogP contribution in [0, 0.1) is 5.92 Å². The van der Waals surface area contributed by atoms with Crippen LogP contribution >= 0.6 is 0 Å². The monoisotopic (exact) mass is 433 g/mol. The summed E-state index contributed by atoms with van der Waals surface area (Å²) >= 11 is 0. The summed E-state index contributed by atoms with van der Waals surface area (Å²) in [6, 6.07) is 6.61. The lowest BCUT2D eigenvalue weighted by Gasteiger charge is -2.32. The van der Waals surface area contributed by atoms with Gasteiger partial charge in [-0.15, -0.1) is 0 Å². The molecule has 0 aromatic heterocycles. The third kappa shape index (κ3) is 7.27. The normalized spacial score (nSPS) is 15.7. The van der Waals surface area contributed by atoms with E-state index in [1.807, 2.05) is 6.92 Å². The minimum absolute atomic E-state index is 0.118. The van der Waals surface area contributed by atoms with Gasteiger partial charge in [-0.3, -0.25) is 19.2 Å². The van der Waals surface area contributed by atoms with Crippen molar-refractivity contribution in [1.82, 2.24) is 15.1 Å². The molecule has 1 heterocycles. The Morgan fingerprint density at radius 3 is 2.48 bits per heavy atom. The summed E-state index contributed by atoms with van der Waals surface area (Å²) in [5.41, 5.74) is 0.410. The molecule has 31 heavy (non-hydrogen) atoms. The van der Waals surface area contributed by atoms with Crippen molar-refractivity contribution in [3.8, 4) is 5.75 Å². The van der Waals surface area contributed by atoms with E-state index < -0.39 is 0 Å². The molecule has 1 unspecified atom stereocenters. The number of nitrogens with zero attached hydrogens (tertiary/aromatic N) is 2. The standard InChI is InChI=1S/C22H31N3O6/c1-4-30-18-10-8-16(9-11-18)21(28)23-13-19(26)24(3)15-20(27)25-12-6-7-17(14-25)22(29)31-5-2/h8-11,17H,4-7,12-15H2,1-3H3,(H,23,28). The van der Waals surface area contributed by atoms with Crippen molar-refractivity contribution < 1.29 is 28.7 Å². The van der Waals surface area contributed by atoms with Gasteiger partial charge in [0, 0.05) is 25.7 Å². The first-order chi connectivity index (χ1) is 14.8. The number of hydrogen-bond acceptors (Lipinski definition) is 6. The molecule has 2 rings (SSSR count). The van der Waals surface area contributed by atoms with Crippen molar-refractivity contribution in [2.24, 2.45) is 5.92 Å². The first-order valence-electron chi connectivity index (χ1n) is 10.5. The first-order valence-corrected chi connectivity index (χ1v) is 10.5. The summed E-state index contributed by atoms with van der Waals surface area (Å²) in [6.07, 6.45) is 1.40. The number of rotatable bonds is 9. The summed E-state index contributed by atoms with van der Waals surface area (Å²) in [4.78, 5) is 51.9. The van der Waals surface area contributed by atoms with E-state index in [1.165, 1.54) is 11.9 Å². The van der Waals surface area contributed by atoms with Crippen LogP contribution in [0.3, 0.4) is 0 Å². The first kappa shape index (κ1) is 24.2. The number of likely N-dealkylation sites (N-methyl/N-ethyl adjacent to an activating group) is 1. The van der Waals surface area contributed by atoms with Crippen LogP contribution in [0.1, 0.15) is 37.0 Å². The van der Waals surface area contributed by atoms with Gasteiger partial charge in [-0.2, -0.15) is 0 Å². The average molecular weight is 434 g/mol. The van der Waals surface area contributed by atoms with Crippen LogP contribution in [0.5, 0.6) is 5.75 Å². The quantitative estimate of drug-likeness (QED) is 0.584. The molecule has 170 valence electrons. The Balaban J connectivity index is 1.80. The molecule has 1 aliphatic heterocycles. The fourth-order valence-corrected chi connectivity index (χ4v) is 3.31. The highest BCUT2D eigenvalue weighted by Gasteiger charge is 2.30. The van der Waals surface area contributed by atoms with E-state index in [2.05, 4.69) is 5.32 Å². The predicted molar refractivity (Wildman–Crippen MR) is 114 cm³/mol. The molecular weight excluding hydrogens is 402 g/mol. The van der Waals surface area contributed by atoms with Crippen molar-refractivity contribution in [1.29, 1.82) is 0 Å². The Labute approximate surface area is 182 Å². The third-order valence-corrected chi connectivity index (χ3v) is 5.02. The summed E-state index contributed by atoms with van der Waals surface area (Å²) in [5.74, 6) is -0.955. The van der Waals surface area contributed by atoms with Crippen LogP contribution in [0.2, 0.25) is 0 Å². The molecule has 0 spiro atoms. The number of carbonyl (C=O) groups is 4. The number of piperidine rings is 1. The Morgan fingerprint density at radius 1 is 1.13 bits per heavy atom. The lowest BCUT2D eigenvalue weighted by atomic mass is 9.98. The summed E-state index contributed by atoms with van der Waals surface area (Å²) in [6.45, 7) is 4.97. The van der Waals surface area contributed by atoms with E-state index >= 15 is 0 Å². The molecule has 0 aliphatic carbocycles. The van der Waals surface area contributed by atoms with Crippen LogP contribution in [0.25, 0.3) is 0 Å². The number of amides is 3. The second-order valence-corrected chi connectivity index (χ2v) is 7.32. The van der Waals surface area contributed by atoms with Crippen LogP contribution in [0.4, 0.5) is 0 Å². The smallest absolute Gasteiger partial charge is 0.310 e. The van der Waals surface area contributed by atoms with Crippen molar-refractivity contribution >= 4 is 23.7 Å². The molecule has 3 amide bonds. The average Bonchev–Trinajstić information content (AvgIpc) is 2.78. The zero-order chi connectivity index (χ0) is 22.8. The topological polar surface area (TPSA) is 105 Å². The number of likely N-dealkylation sites (tertiary alicyclic amines) is 1. The lowest BCUT2D eigenvalue weighted by Crippen LogP contribution is -2.48. The number of ether oxygens (including phenoxy) is 2. The van der Waals surface area contributed by atoms with Crippen LogP contribution < -0.4 is 10.1 Å². The van der Waals surface area contributed by atoms with E-state index in [0.717, 1.165) is 0 Å². The molecule has 9 heteroatoms. The minimum atomic E-state index is -0.385. The summed E-state index contributed by atoms with van der Waals surface area (Å²) in [5, 5.41) is 2.56. The molecule has 0 radical (unpaired) electrons. The van der Waals surface area contributed by atoms with Gasteiger partial charge in [-0.05, 0) is 51.0 Å². The molecule has 1 aromatic rings. The number of carbonyl (C=O) groups excluding carboxylic acids is 4. The number of hydrogen-bond donors (Lipinski definition) is 1. The van der Waals surface area contributed by atoms with Gasteiger partial charge in [-0.1, -0.05) is 0 Å². The minimum Gasteiger partial charge on any atom is -0.494 e. The lowest BCUT2D eigenvalue weighted by molar-refractivity contribution is -0.152. The van der Waals surface area contributed by atoms with Crippen LogP contribution in [0.15, 0.2) is 24.3 Å². The van der Waals surface area contributed by atoms with E-state index in [9.17, 15) is 19.2 Å². The van der Waals surface area contributed by atoms with Gasteiger partial charge in [0.1, 0.15) is 5.75 Å². The highest BCUT2D eigenvalue weighted by atomic mass is 16.5.